The number of carbonyl (C=O) groups excluding carboxylic acids is 2. The number of alkyl carbamates (subject to hydrolysis) is 1. The van der Waals surface area contributed by atoms with Crippen LogP contribution >= 0.6 is 9.24 Å². The van der Waals surface area contributed by atoms with E-state index in [-0.39, 0.29) is 0 Å². The molecule has 1 heterocycles. The summed E-state index contributed by atoms with van der Waals surface area (Å²) in [7, 11) is 2.08. The van der Waals surface area contributed by atoms with Crippen LogP contribution in [0.1, 0.15) is 0 Å². The Morgan fingerprint density at radius 3 is 2.38 bits per heavy atom. The molecule has 2 amide bonds. The van der Waals surface area contributed by atoms with E-state index < -0.39 is 17.8 Å². The Morgan fingerprint density at radius 1 is 1.62 bits per heavy atom. The summed E-state index contributed by atoms with van der Waals surface area (Å²) in [6, 6.07) is 0. The van der Waals surface area contributed by atoms with Crippen LogP contribution in [0.5, 0.6) is 0 Å². The highest BCUT2D eigenvalue weighted by atomic mass is 31.0. The van der Waals surface area contributed by atoms with Crippen LogP contribution in [0.25, 0.3) is 0 Å². The van der Waals surface area contributed by atoms with Crippen LogP contribution in [-0.4, -0.2) is 17.8 Å². The number of cyclic esters (lactones) is 1. The highest BCUT2D eigenvalue weighted by Gasteiger charge is 2.27. The number of amides is 2. The van der Waals surface area contributed by atoms with Gasteiger partial charge < -0.3 is 4.74 Å². The first-order valence-corrected chi connectivity index (χ1v) is 2.64. The second-order valence-corrected chi connectivity index (χ2v) is 1.92. The molecule has 0 saturated carbocycles. The number of hydrogen-bond donors (Lipinski definition) is 1. The van der Waals surface area contributed by atoms with E-state index in [2.05, 4.69) is 14.0 Å². The Hall–Kier alpha value is -0.630. The lowest BCUT2D eigenvalue weighted by Crippen LogP contribution is -2.20. The average Bonchev–Trinajstić information content (AvgIpc) is 1.85. The fourth-order valence-electron chi connectivity index (χ4n) is 0.370. The molecule has 0 spiro atoms. The van der Waals surface area contributed by atoms with Crippen LogP contribution in [0, 0.1) is 0 Å². The van der Waals surface area contributed by atoms with Gasteiger partial charge in [0.05, 0.1) is 0 Å². The molecule has 1 rings (SSSR count). The van der Waals surface area contributed by atoms with Crippen molar-refractivity contribution in [2.45, 2.75) is 5.85 Å². The average molecular weight is 133 g/mol. The molecule has 0 radical (unpaired) electrons. The van der Waals surface area contributed by atoms with E-state index in [4.69, 9.17) is 0 Å². The first-order valence-electron chi connectivity index (χ1n) is 1.97. The molecular weight excluding hydrogens is 129 g/mol. The fraction of sp³-hybridized carbons (Fsp3) is 0.333. The minimum absolute atomic E-state index is 0.403. The maximum Gasteiger partial charge on any atom is 0.415 e. The molecule has 0 aromatic rings. The van der Waals surface area contributed by atoms with Crippen LogP contribution in [0.4, 0.5) is 4.79 Å². The van der Waals surface area contributed by atoms with Crippen molar-refractivity contribution in [2.75, 3.05) is 0 Å². The molecule has 44 valence electrons. The molecule has 1 saturated heterocycles. The van der Waals surface area contributed by atoms with Gasteiger partial charge in [0, 0.05) is 0 Å². The topological polar surface area (TPSA) is 55.4 Å². The van der Waals surface area contributed by atoms with Gasteiger partial charge >= 0.3 is 6.09 Å². The summed E-state index contributed by atoms with van der Waals surface area (Å²) >= 11 is 0. The van der Waals surface area contributed by atoms with E-state index in [1.54, 1.807) is 0 Å². The van der Waals surface area contributed by atoms with E-state index in [0.717, 1.165) is 0 Å². The van der Waals surface area contributed by atoms with Gasteiger partial charge in [0.15, 0.2) is 5.85 Å². The predicted molar refractivity (Wildman–Crippen MR) is 28.1 cm³/mol. The molecule has 2 unspecified atom stereocenters. The van der Waals surface area contributed by atoms with Crippen LogP contribution in [0.15, 0.2) is 0 Å². The molecule has 2 atom stereocenters. The molecular formula is C3H4NO3P. The molecule has 1 aliphatic rings. The number of ether oxygens (including phenoxy) is 1. The summed E-state index contributed by atoms with van der Waals surface area (Å²) in [5.41, 5.74) is 0. The van der Waals surface area contributed by atoms with Gasteiger partial charge in [0.2, 0.25) is 0 Å². The van der Waals surface area contributed by atoms with E-state index in [9.17, 15) is 9.59 Å². The van der Waals surface area contributed by atoms with Gasteiger partial charge in [-0.05, 0) is 0 Å². The Labute approximate surface area is 47.8 Å². The van der Waals surface area contributed by atoms with Gasteiger partial charge in [0.25, 0.3) is 5.91 Å². The lowest BCUT2D eigenvalue weighted by atomic mass is 10.7. The van der Waals surface area contributed by atoms with Crippen molar-refractivity contribution < 1.29 is 14.3 Å². The Kier molecular flexibility index (Phi) is 1.18. The van der Waals surface area contributed by atoms with E-state index in [1.165, 1.54) is 0 Å². The van der Waals surface area contributed by atoms with Gasteiger partial charge in [-0.2, -0.15) is 0 Å². The smallest absolute Gasteiger partial charge is 0.415 e. The lowest BCUT2D eigenvalue weighted by molar-refractivity contribution is -0.120. The molecule has 0 aromatic heterocycles. The summed E-state index contributed by atoms with van der Waals surface area (Å²) in [6.45, 7) is 0. The summed E-state index contributed by atoms with van der Waals surface area (Å²) in [5.74, 6) is -1.09. The maximum atomic E-state index is 10.3. The van der Waals surface area contributed by atoms with Crippen LogP contribution in [0.2, 0.25) is 0 Å². The summed E-state index contributed by atoms with van der Waals surface area (Å²) in [4.78, 5) is 20.4. The molecule has 1 N–H and O–H groups in total. The largest absolute Gasteiger partial charge is 0.432 e. The first kappa shape index (κ1) is 5.51. The van der Waals surface area contributed by atoms with E-state index in [0.29, 0.717) is 0 Å². The third-order valence-electron chi connectivity index (χ3n) is 0.718. The van der Waals surface area contributed by atoms with Crippen molar-refractivity contribution in [3.05, 3.63) is 0 Å². The number of nitrogens with one attached hydrogen (secondary N) is 1. The van der Waals surface area contributed by atoms with Gasteiger partial charge in [0.1, 0.15) is 0 Å². The summed E-state index contributed by atoms with van der Waals surface area (Å²) in [6.07, 6.45) is -0.671. The third kappa shape index (κ3) is 0.793. The molecule has 1 fully saturated rings. The fourth-order valence-corrected chi connectivity index (χ4v) is 0.577. The molecule has 4 nitrogen and oxygen atoms in total. The molecule has 0 aromatic carbocycles. The number of carbonyl (C=O) groups is 2. The Bertz CT molecular complexity index is 145. The highest BCUT2D eigenvalue weighted by molar-refractivity contribution is 7.19. The molecule has 8 heavy (non-hydrogen) atoms. The predicted octanol–water partition coefficient (Wildman–Crippen LogP) is -0.546. The van der Waals surface area contributed by atoms with Crippen molar-refractivity contribution in [2.24, 2.45) is 0 Å². The normalized spacial score (nSPS) is 27.4. The monoisotopic (exact) mass is 133 g/mol. The van der Waals surface area contributed by atoms with E-state index in [1.807, 2.05) is 5.32 Å². The van der Waals surface area contributed by atoms with Crippen LogP contribution < -0.4 is 5.32 Å². The zero-order chi connectivity index (χ0) is 6.15. The molecule has 0 aliphatic carbocycles. The third-order valence-corrected chi connectivity index (χ3v) is 1.16. The standard InChI is InChI=1S/C3H4NO3P/c5-1-2(8)7-3(6)4-1/h2H,8H2,(H,4,5,6). The Morgan fingerprint density at radius 2 is 2.25 bits per heavy atom. The van der Waals surface area contributed by atoms with Crippen molar-refractivity contribution >= 4 is 21.2 Å². The second-order valence-electron chi connectivity index (χ2n) is 1.32. The highest BCUT2D eigenvalue weighted by Crippen LogP contribution is 2.07. The first-order chi connectivity index (χ1) is 3.70. The minimum Gasteiger partial charge on any atom is -0.432 e. The lowest BCUT2D eigenvalue weighted by Gasteiger charge is -1.91. The SMILES string of the molecule is O=C1NC(=O)C(P)O1. The summed E-state index contributed by atoms with van der Waals surface area (Å²) < 4.78 is 4.34. The number of hydrogen-bond acceptors (Lipinski definition) is 3. The van der Waals surface area contributed by atoms with E-state index >= 15 is 0 Å². The minimum atomic E-state index is -0.692. The van der Waals surface area contributed by atoms with Gasteiger partial charge in [-0.15, -0.1) is 0 Å². The Balaban J connectivity index is 2.64. The van der Waals surface area contributed by atoms with Crippen molar-refractivity contribution in [1.82, 2.24) is 5.32 Å². The maximum absolute atomic E-state index is 10.3. The van der Waals surface area contributed by atoms with Gasteiger partial charge in [-0.1, -0.05) is 9.24 Å². The number of rotatable bonds is 0. The van der Waals surface area contributed by atoms with Gasteiger partial charge in [-0.25, -0.2) is 4.79 Å². The van der Waals surface area contributed by atoms with Crippen molar-refractivity contribution in [3.63, 3.8) is 0 Å². The number of imide groups is 1. The summed E-state index contributed by atoms with van der Waals surface area (Å²) in [5, 5.41) is 1.95. The quantitative estimate of drug-likeness (QED) is 0.451. The van der Waals surface area contributed by atoms with Crippen molar-refractivity contribution in [3.8, 4) is 0 Å². The van der Waals surface area contributed by atoms with Crippen LogP contribution in [0.3, 0.4) is 0 Å². The molecule has 1 aliphatic heterocycles. The van der Waals surface area contributed by atoms with Gasteiger partial charge in [-0.3, -0.25) is 10.1 Å². The second kappa shape index (κ2) is 1.71. The molecule has 0 bridgehead atoms. The zero-order valence-corrected chi connectivity index (χ0v) is 5.03. The van der Waals surface area contributed by atoms with Crippen LogP contribution in [-0.2, 0) is 9.53 Å². The zero-order valence-electron chi connectivity index (χ0n) is 3.88. The molecule has 5 heteroatoms. The van der Waals surface area contributed by atoms with Crippen molar-refractivity contribution in [1.29, 1.82) is 0 Å².